The predicted octanol–water partition coefficient (Wildman–Crippen LogP) is 5.58. The molecular weight excluding hydrogens is 710 g/mol. The van der Waals surface area contributed by atoms with Crippen molar-refractivity contribution in [1.82, 2.24) is 14.6 Å². The van der Waals surface area contributed by atoms with Crippen LogP contribution in [0.25, 0.3) is 11.1 Å². The summed E-state index contributed by atoms with van der Waals surface area (Å²) < 4.78 is 32.6. The fourth-order valence-electron chi connectivity index (χ4n) is 6.44. The Morgan fingerprint density at radius 3 is 2.10 bits per heavy atom. The minimum atomic E-state index is -4.26. The number of benzene rings is 3. The standard InChI is InChI=1S/C37H40ClN5O8S/c1-21(2)30(39)36(47)43(20-8-9-23(43)5)37(48)42(31(22(3)4)32(44)34-40-28-10-6-7-11-29(28)51-34)35(46)25-14-12-24(13-15-25)33(45)41-52(49,50)27-18-16-26(38)17-19-27/h6-7,10-19,21-23,30-31H,8-9,20,39H2,1-5H3/p+1/t23?,30?,31?,43-/m0/s1. The lowest BCUT2D eigenvalue weighted by Gasteiger charge is -2.40. The van der Waals surface area contributed by atoms with Gasteiger partial charge in [0.15, 0.2) is 5.58 Å². The van der Waals surface area contributed by atoms with Gasteiger partial charge in [0.05, 0.1) is 11.4 Å². The first-order valence-electron chi connectivity index (χ1n) is 16.9. The lowest BCUT2D eigenvalue weighted by atomic mass is 9.96. The Labute approximate surface area is 306 Å². The van der Waals surface area contributed by atoms with Crippen LogP contribution in [0.4, 0.5) is 4.79 Å². The van der Waals surface area contributed by atoms with Crippen molar-refractivity contribution in [3.63, 3.8) is 0 Å². The molecule has 3 aromatic carbocycles. The van der Waals surface area contributed by atoms with Crippen LogP contribution in [-0.4, -0.2) is 77.0 Å². The summed E-state index contributed by atoms with van der Waals surface area (Å²) in [5, 5.41) is 0.313. The zero-order chi connectivity index (χ0) is 38.1. The van der Waals surface area contributed by atoms with E-state index in [1.54, 1.807) is 58.9 Å². The van der Waals surface area contributed by atoms with Crippen molar-refractivity contribution < 1.29 is 41.3 Å². The number of imide groups is 2. The minimum absolute atomic E-state index is 0.0755. The van der Waals surface area contributed by atoms with Crippen molar-refractivity contribution in [1.29, 1.82) is 0 Å². The predicted molar refractivity (Wildman–Crippen MR) is 193 cm³/mol. The van der Waals surface area contributed by atoms with Gasteiger partial charge in [-0.25, -0.2) is 32.6 Å². The van der Waals surface area contributed by atoms with Crippen LogP contribution in [0.3, 0.4) is 0 Å². The highest BCUT2D eigenvalue weighted by atomic mass is 35.5. The summed E-state index contributed by atoms with van der Waals surface area (Å²) in [5.74, 6) is -4.52. The van der Waals surface area contributed by atoms with Gasteiger partial charge in [-0.15, -0.1) is 0 Å². The molecule has 0 saturated carbocycles. The molecule has 1 fully saturated rings. The summed E-state index contributed by atoms with van der Waals surface area (Å²) in [6.07, 6.45) is 0.998. The van der Waals surface area contributed by atoms with Crippen LogP contribution in [0.1, 0.15) is 78.9 Å². The summed E-state index contributed by atoms with van der Waals surface area (Å²) in [7, 11) is -4.26. The Balaban J connectivity index is 1.56. The molecule has 0 spiro atoms. The van der Waals surface area contributed by atoms with Gasteiger partial charge in [0.1, 0.15) is 23.6 Å². The van der Waals surface area contributed by atoms with Gasteiger partial charge in [0.2, 0.25) is 5.78 Å². The third kappa shape index (κ3) is 7.29. The number of para-hydroxylation sites is 2. The fourth-order valence-corrected chi connectivity index (χ4v) is 7.54. The first-order chi connectivity index (χ1) is 24.5. The maximum absolute atomic E-state index is 15.1. The number of ketones is 1. The number of urea groups is 1. The third-order valence-electron chi connectivity index (χ3n) is 9.48. The molecule has 0 bridgehead atoms. The molecule has 5 rings (SSSR count). The van der Waals surface area contributed by atoms with Crippen molar-refractivity contribution in [3.8, 4) is 0 Å². The Bertz CT molecular complexity index is 2100. The normalized spacial score (nSPS) is 18.7. The largest absolute Gasteiger partial charge is 0.434 e. The Kier molecular flexibility index (Phi) is 11.2. The Morgan fingerprint density at radius 1 is 0.923 bits per heavy atom. The second-order valence-electron chi connectivity index (χ2n) is 13.7. The zero-order valence-electron chi connectivity index (χ0n) is 29.4. The van der Waals surface area contributed by atoms with E-state index < -0.39 is 68.1 Å². The van der Waals surface area contributed by atoms with Crippen LogP contribution >= 0.6 is 11.6 Å². The van der Waals surface area contributed by atoms with Crippen LogP contribution in [-0.2, 0) is 14.8 Å². The number of rotatable bonds is 10. The number of carbonyl (C=O) groups excluding carboxylic acids is 5. The van der Waals surface area contributed by atoms with Gasteiger partial charge in [-0.1, -0.05) is 51.4 Å². The van der Waals surface area contributed by atoms with E-state index in [0.29, 0.717) is 29.0 Å². The summed E-state index contributed by atoms with van der Waals surface area (Å²) in [6, 6.07) is 12.9. The van der Waals surface area contributed by atoms with E-state index in [4.69, 9.17) is 21.8 Å². The molecule has 5 amide bonds. The highest BCUT2D eigenvalue weighted by Gasteiger charge is 2.59. The topological polar surface area (TPSA) is 187 Å². The van der Waals surface area contributed by atoms with Gasteiger partial charge < -0.3 is 10.2 Å². The first kappa shape index (κ1) is 38.5. The fraction of sp³-hybridized carbons (Fsp3) is 0.351. The quantitative estimate of drug-likeness (QED) is 0.153. The first-order valence-corrected chi connectivity index (χ1v) is 18.7. The number of oxazole rings is 1. The van der Waals surface area contributed by atoms with E-state index in [2.05, 4.69) is 4.98 Å². The van der Waals surface area contributed by atoms with Gasteiger partial charge in [0.25, 0.3) is 27.7 Å². The van der Waals surface area contributed by atoms with E-state index >= 15 is 4.79 Å². The lowest BCUT2D eigenvalue weighted by Crippen LogP contribution is -2.70. The number of aromatic nitrogens is 1. The molecule has 1 aliphatic heterocycles. The van der Waals surface area contributed by atoms with Gasteiger partial charge >= 0.3 is 11.9 Å². The Morgan fingerprint density at radius 2 is 1.54 bits per heavy atom. The number of halogens is 1. The number of carbonyl (C=O) groups is 5. The van der Waals surface area contributed by atoms with E-state index in [-0.39, 0.29) is 34.4 Å². The Hall–Kier alpha value is -4.76. The monoisotopic (exact) mass is 750 g/mol. The molecule has 3 unspecified atom stereocenters. The van der Waals surface area contributed by atoms with Crippen molar-refractivity contribution in [3.05, 3.63) is 94.8 Å². The van der Waals surface area contributed by atoms with E-state index in [9.17, 15) is 27.6 Å². The maximum atomic E-state index is 15.1. The maximum Gasteiger partial charge on any atom is 0.434 e. The molecule has 274 valence electrons. The number of sulfonamides is 1. The van der Waals surface area contributed by atoms with Crippen molar-refractivity contribution in [2.75, 3.05) is 6.54 Å². The van der Waals surface area contributed by atoms with Crippen molar-refractivity contribution in [2.45, 2.75) is 70.5 Å². The molecular formula is C37H41ClN5O8S+. The third-order valence-corrected chi connectivity index (χ3v) is 11.1. The van der Waals surface area contributed by atoms with Gasteiger partial charge in [-0.05, 0) is 79.4 Å². The number of likely N-dealkylation sites (tertiary alicyclic amines) is 1. The summed E-state index contributed by atoms with van der Waals surface area (Å²) in [5.41, 5.74) is 6.90. The molecule has 3 N–H and O–H groups in total. The zero-order valence-corrected chi connectivity index (χ0v) is 31.0. The van der Waals surface area contributed by atoms with Crippen molar-refractivity contribution >= 4 is 62.3 Å². The van der Waals surface area contributed by atoms with Crippen LogP contribution < -0.4 is 10.5 Å². The number of hydrogen-bond acceptors (Lipinski definition) is 10. The van der Waals surface area contributed by atoms with Crippen molar-refractivity contribution in [2.24, 2.45) is 17.6 Å². The number of nitrogens with one attached hydrogen (secondary N) is 1. The van der Waals surface area contributed by atoms with Gasteiger partial charge in [-0.2, -0.15) is 4.48 Å². The minimum Gasteiger partial charge on any atom is -0.434 e. The SMILES string of the molecule is CC(C)C(N)C(=O)[N@+]1(C(=O)N(C(=O)c2ccc(C(=O)NS(=O)(=O)c3ccc(Cl)cc3)cc2)C(C(=O)c2nc3ccccc3o2)C(C)C)CCCC1C. The number of amides is 5. The average Bonchev–Trinajstić information content (AvgIpc) is 3.73. The number of nitrogens with two attached hydrogens (primary N) is 1. The smallest absolute Gasteiger partial charge is 0.434 e. The number of quaternary nitrogens is 1. The number of Topliss-reactive ketones (excluding diaryl/α,β-unsaturated/α-hetero) is 1. The summed E-state index contributed by atoms with van der Waals surface area (Å²) in [4.78, 5) is 76.2. The molecule has 0 aliphatic carbocycles. The molecule has 1 aromatic heterocycles. The summed E-state index contributed by atoms with van der Waals surface area (Å²) in [6.45, 7) is 8.67. The van der Waals surface area contributed by atoms with Crippen LogP contribution in [0, 0.1) is 11.8 Å². The molecule has 1 saturated heterocycles. The molecule has 4 aromatic rings. The van der Waals surface area contributed by atoms with E-state index in [1.165, 1.54) is 48.5 Å². The molecule has 1 aliphatic rings. The van der Waals surface area contributed by atoms with E-state index in [1.807, 2.05) is 4.72 Å². The number of nitrogens with zero attached hydrogens (tertiary/aromatic N) is 3. The molecule has 2 heterocycles. The van der Waals surface area contributed by atoms with Gasteiger partial charge in [0, 0.05) is 29.0 Å². The van der Waals surface area contributed by atoms with E-state index in [0.717, 1.165) is 4.90 Å². The average molecular weight is 751 g/mol. The van der Waals surface area contributed by atoms with Crippen LogP contribution in [0.2, 0.25) is 5.02 Å². The molecule has 15 heteroatoms. The highest BCUT2D eigenvalue weighted by molar-refractivity contribution is 7.90. The van der Waals surface area contributed by atoms with Crippen LogP contribution in [0.5, 0.6) is 0 Å². The lowest BCUT2D eigenvalue weighted by molar-refractivity contribution is -0.788. The molecule has 0 radical (unpaired) electrons. The molecule has 13 nitrogen and oxygen atoms in total. The molecule has 52 heavy (non-hydrogen) atoms. The molecule has 4 atom stereocenters. The number of fused-ring (bicyclic) bond motifs is 1. The number of hydrogen-bond donors (Lipinski definition) is 2. The second kappa shape index (κ2) is 15.1. The highest BCUT2D eigenvalue weighted by Crippen LogP contribution is 2.34. The van der Waals surface area contributed by atoms with Crippen LogP contribution in [0.15, 0.2) is 82.1 Å². The van der Waals surface area contributed by atoms with Gasteiger partial charge in [-0.3, -0.25) is 14.4 Å². The second-order valence-corrected chi connectivity index (χ2v) is 15.8. The summed E-state index contributed by atoms with van der Waals surface area (Å²) >= 11 is 5.86.